The highest BCUT2D eigenvalue weighted by atomic mass is 31.3. The molecular weight excluding hydrogens is 577 g/mol. The number of aliphatic hydroxyl groups excluding tert-OH is 2. The third-order valence-corrected chi connectivity index (χ3v) is 8.26. The van der Waals surface area contributed by atoms with E-state index in [1.165, 1.54) is 24.7 Å². The van der Waals surface area contributed by atoms with E-state index >= 15 is 0 Å². The third-order valence-electron chi connectivity index (χ3n) is 5.35. The molecule has 8 N–H and O–H groups in total. The molecule has 0 bridgehead atoms. The number of nitrogen functional groups attached to an aromatic ring is 1. The molecule has 1 amide bonds. The summed E-state index contributed by atoms with van der Waals surface area (Å²) in [5.74, 6) is -1.08. The predicted octanol–water partition coefficient (Wildman–Crippen LogP) is -0.618. The number of phosphoric ester groups is 2. The number of rotatable bonds is 13. The van der Waals surface area contributed by atoms with E-state index in [1.54, 1.807) is 0 Å². The van der Waals surface area contributed by atoms with E-state index in [0.29, 0.717) is 0 Å². The van der Waals surface area contributed by atoms with E-state index in [1.807, 2.05) is 0 Å². The van der Waals surface area contributed by atoms with E-state index in [-0.39, 0.29) is 17.0 Å². The Morgan fingerprint density at radius 3 is 2.55 bits per heavy atom. The summed E-state index contributed by atoms with van der Waals surface area (Å²) in [7, 11) is -11.5. The van der Waals surface area contributed by atoms with E-state index in [4.69, 9.17) is 25.3 Å². The van der Waals surface area contributed by atoms with Crippen molar-refractivity contribution in [3.8, 4) is 0 Å². The van der Waals surface area contributed by atoms with Crippen molar-refractivity contribution in [2.24, 2.45) is 11.1 Å². The molecule has 1 fully saturated rings. The number of aromatic nitrogens is 4. The van der Waals surface area contributed by atoms with Gasteiger partial charge in [-0.05, 0) is 0 Å². The summed E-state index contributed by atoms with van der Waals surface area (Å²) >= 11 is 0. The van der Waals surface area contributed by atoms with Gasteiger partial charge in [0.1, 0.15) is 36.3 Å². The molecule has 3 heterocycles. The second kappa shape index (κ2) is 11.6. The lowest BCUT2D eigenvalue weighted by atomic mass is 9.87. The number of hydrogen-bond donors (Lipinski definition) is 6. The van der Waals surface area contributed by atoms with E-state index < -0.39 is 79.5 Å². The highest BCUT2D eigenvalue weighted by Crippen LogP contribution is 2.61. The summed E-state index contributed by atoms with van der Waals surface area (Å²) in [6.45, 7) is 0.902. The van der Waals surface area contributed by atoms with Gasteiger partial charge in [-0.2, -0.15) is 4.31 Å². The Labute approximate surface area is 215 Å². The highest BCUT2D eigenvalue weighted by Gasteiger charge is 2.48. The first-order valence-electron chi connectivity index (χ1n) is 10.5. The van der Waals surface area contributed by atoms with Crippen molar-refractivity contribution in [1.29, 1.82) is 0 Å². The molecule has 0 aromatic carbocycles. The van der Waals surface area contributed by atoms with Crippen LogP contribution in [0.5, 0.6) is 0 Å². The summed E-state index contributed by atoms with van der Waals surface area (Å²) in [5.41, 5.74) is 9.63. The Balaban J connectivity index is 1.68. The maximum atomic E-state index is 12.3. The van der Waals surface area contributed by atoms with Gasteiger partial charge in [-0.25, -0.2) is 28.6 Å². The second-order valence-electron chi connectivity index (χ2n) is 8.66. The predicted molar refractivity (Wildman–Crippen MR) is 124 cm³/mol. The Morgan fingerprint density at radius 2 is 1.92 bits per heavy atom. The van der Waals surface area contributed by atoms with Crippen molar-refractivity contribution >= 4 is 47.2 Å². The molecule has 212 valence electrons. The van der Waals surface area contributed by atoms with Gasteiger partial charge in [-0.15, -0.1) is 0 Å². The van der Waals surface area contributed by atoms with Gasteiger partial charge in [0.15, 0.2) is 17.7 Å². The molecule has 3 unspecified atom stereocenters. The third kappa shape index (κ3) is 6.96. The van der Waals surface area contributed by atoms with Crippen molar-refractivity contribution in [2.75, 3.05) is 18.9 Å². The fourth-order valence-corrected chi connectivity index (χ4v) is 5.99. The van der Waals surface area contributed by atoms with Gasteiger partial charge in [-0.1, -0.05) is 13.8 Å². The lowest BCUT2D eigenvalue weighted by Crippen LogP contribution is -2.43. The quantitative estimate of drug-likeness (QED) is 0.156. The van der Waals surface area contributed by atoms with Crippen LogP contribution in [0.15, 0.2) is 12.7 Å². The van der Waals surface area contributed by atoms with Gasteiger partial charge in [0, 0.05) is 5.41 Å². The molecule has 1 aliphatic rings. The standard InChI is InChI=1S/C16H25N6O13P3/c1-16(2,11(24)13(18)25)4-32-38(29,30)35-37(27,28)31-3-7-10(34-36-26)9(23)15(33-7)22-6-21-8-12(17)19-5-20-14(8)22/h5-7,9-11,15,23-24H,3-4H2,1-2H3,(H2,18,25)(H,27,28)(H,29,30)(H2,17,19,20)/t7-,9-,10-,11?,15-/m1/s1. The maximum Gasteiger partial charge on any atom is 0.481 e. The SMILES string of the molecule is CC(C)(COP(=O)(O)OP(=O)(O)OC[C@H]1O[C@@H](n2cnc3c(N)ncnc32)[C@H](O)[C@@H]1OP=O)C(O)C(N)=O. The van der Waals surface area contributed by atoms with E-state index in [9.17, 15) is 38.5 Å². The molecule has 0 saturated carbocycles. The number of primary amides is 1. The Morgan fingerprint density at radius 1 is 1.26 bits per heavy atom. The lowest BCUT2D eigenvalue weighted by molar-refractivity contribution is -0.133. The van der Waals surface area contributed by atoms with Crippen LogP contribution < -0.4 is 11.5 Å². The van der Waals surface area contributed by atoms with Crippen molar-refractivity contribution in [3.63, 3.8) is 0 Å². The topological polar surface area (TPSA) is 291 Å². The molecule has 2 aromatic rings. The summed E-state index contributed by atoms with van der Waals surface area (Å²) in [6, 6.07) is 0. The van der Waals surface area contributed by atoms with Gasteiger partial charge < -0.3 is 36.2 Å². The van der Waals surface area contributed by atoms with Crippen LogP contribution >= 0.6 is 24.3 Å². The van der Waals surface area contributed by atoms with Crippen LogP contribution in [-0.2, 0) is 41.1 Å². The minimum Gasteiger partial charge on any atom is -0.386 e. The number of aliphatic hydroxyl groups is 2. The zero-order valence-corrected chi connectivity index (χ0v) is 22.4. The van der Waals surface area contributed by atoms with Crippen LogP contribution in [0, 0.1) is 5.41 Å². The van der Waals surface area contributed by atoms with Gasteiger partial charge in [0.25, 0.3) is 0 Å². The Hall–Kier alpha value is -1.98. The van der Waals surface area contributed by atoms with Gasteiger partial charge >= 0.3 is 24.3 Å². The lowest BCUT2D eigenvalue weighted by Gasteiger charge is -2.28. The molecule has 0 radical (unpaired) electrons. The molecular formula is C16H25N6O13P3. The largest absolute Gasteiger partial charge is 0.481 e. The number of phosphoric acid groups is 2. The molecule has 2 aromatic heterocycles. The number of amides is 1. The van der Waals surface area contributed by atoms with E-state index in [2.05, 4.69) is 23.8 Å². The molecule has 0 spiro atoms. The first-order valence-corrected chi connectivity index (χ1v) is 14.2. The van der Waals surface area contributed by atoms with Crippen molar-refractivity contribution in [3.05, 3.63) is 12.7 Å². The van der Waals surface area contributed by atoms with Crippen LogP contribution in [0.3, 0.4) is 0 Å². The smallest absolute Gasteiger partial charge is 0.386 e. The first-order chi connectivity index (χ1) is 17.6. The number of nitrogens with zero attached hydrogens (tertiary/aromatic N) is 4. The summed E-state index contributed by atoms with van der Waals surface area (Å²) in [5, 5.41) is 20.5. The number of nitrogens with two attached hydrogens (primary N) is 2. The van der Waals surface area contributed by atoms with Crippen molar-refractivity contribution in [2.45, 2.75) is 44.5 Å². The minimum atomic E-state index is -5.33. The van der Waals surface area contributed by atoms with Crippen molar-refractivity contribution < 1.29 is 61.1 Å². The molecule has 7 atom stereocenters. The van der Waals surface area contributed by atoms with Crippen LogP contribution in [0.2, 0.25) is 0 Å². The Kier molecular flexibility index (Phi) is 9.36. The van der Waals surface area contributed by atoms with Crippen LogP contribution in [-0.4, -0.2) is 83.1 Å². The number of fused-ring (bicyclic) bond motifs is 1. The average molecular weight is 602 g/mol. The maximum absolute atomic E-state index is 12.3. The first kappa shape index (κ1) is 30.6. The van der Waals surface area contributed by atoms with Crippen LogP contribution in [0.4, 0.5) is 5.82 Å². The average Bonchev–Trinajstić information content (AvgIpc) is 3.38. The number of imidazole rings is 1. The summed E-state index contributed by atoms with van der Waals surface area (Å²) in [6.07, 6.45) is -4.93. The normalized spacial score (nSPS) is 26.3. The van der Waals surface area contributed by atoms with Gasteiger partial charge in [-0.3, -0.25) is 22.9 Å². The fourth-order valence-electron chi connectivity index (χ4n) is 3.38. The number of ether oxygens (including phenoxy) is 1. The number of anilines is 1. The van der Waals surface area contributed by atoms with E-state index in [0.717, 1.165) is 6.33 Å². The molecule has 3 rings (SSSR count). The number of carbonyl (C=O) groups excluding carboxylic acids is 1. The molecule has 22 heteroatoms. The molecule has 1 aliphatic heterocycles. The zero-order valence-electron chi connectivity index (χ0n) is 19.7. The monoisotopic (exact) mass is 602 g/mol. The van der Waals surface area contributed by atoms with Gasteiger partial charge in [0.05, 0.1) is 19.5 Å². The minimum absolute atomic E-state index is 0.0496. The highest BCUT2D eigenvalue weighted by molar-refractivity contribution is 7.61. The number of hydrogen-bond acceptors (Lipinski definition) is 15. The number of carbonyl (C=O) groups is 1. The van der Waals surface area contributed by atoms with Crippen molar-refractivity contribution in [1.82, 2.24) is 19.5 Å². The molecule has 0 aliphatic carbocycles. The second-order valence-corrected chi connectivity index (χ2v) is 12.1. The Bertz CT molecular complexity index is 1280. The molecule has 19 nitrogen and oxygen atoms in total. The molecule has 1 saturated heterocycles. The summed E-state index contributed by atoms with van der Waals surface area (Å²) < 4.78 is 61.0. The van der Waals surface area contributed by atoms with Crippen LogP contribution in [0.25, 0.3) is 11.2 Å². The van der Waals surface area contributed by atoms with Crippen LogP contribution in [0.1, 0.15) is 20.1 Å². The zero-order chi connectivity index (χ0) is 28.5. The fraction of sp³-hybridized carbons (Fsp3) is 0.625. The van der Waals surface area contributed by atoms with Gasteiger partial charge in [0.2, 0.25) is 5.91 Å². The summed E-state index contributed by atoms with van der Waals surface area (Å²) in [4.78, 5) is 42.8. The molecule has 38 heavy (non-hydrogen) atoms.